The van der Waals surface area contributed by atoms with Crippen molar-refractivity contribution in [2.75, 3.05) is 20.2 Å². The molecule has 1 aliphatic carbocycles. The standard InChI is InChI=1S/C14H17NO4/c1-19-12-6-4-11(5-7-12)14(18)15(9-13(16)17)8-10-2-3-10/h4-7,10H,2-3,8-9H2,1H3,(H,16,17). The fourth-order valence-corrected chi connectivity index (χ4v) is 1.91. The summed E-state index contributed by atoms with van der Waals surface area (Å²) in [5.74, 6) is -0.0930. The van der Waals surface area contributed by atoms with E-state index in [1.165, 1.54) is 4.90 Å². The number of ether oxygens (including phenoxy) is 1. The van der Waals surface area contributed by atoms with Crippen LogP contribution in [0.25, 0.3) is 0 Å². The third kappa shape index (κ3) is 3.71. The third-order valence-electron chi connectivity index (χ3n) is 3.13. The lowest BCUT2D eigenvalue weighted by Crippen LogP contribution is -2.37. The van der Waals surface area contributed by atoms with Crippen LogP contribution in [-0.4, -0.2) is 42.1 Å². The van der Waals surface area contributed by atoms with E-state index in [0.717, 1.165) is 12.8 Å². The molecule has 5 heteroatoms. The van der Waals surface area contributed by atoms with Gasteiger partial charge in [0.2, 0.25) is 0 Å². The molecule has 2 rings (SSSR count). The van der Waals surface area contributed by atoms with Gasteiger partial charge in [-0.15, -0.1) is 0 Å². The summed E-state index contributed by atoms with van der Waals surface area (Å²) in [6, 6.07) is 6.71. The van der Waals surface area contributed by atoms with E-state index >= 15 is 0 Å². The highest BCUT2D eigenvalue weighted by molar-refractivity contribution is 5.96. The maximum atomic E-state index is 12.3. The monoisotopic (exact) mass is 263 g/mol. The Kier molecular flexibility index (Phi) is 4.04. The van der Waals surface area contributed by atoms with E-state index < -0.39 is 5.97 Å². The number of hydrogen-bond donors (Lipinski definition) is 1. The summed E-state index contributed by atoms with van der Waals surface area (Å²) in [5.41, 5.74) is 0.489. The number of aliphatic carboxylic acids is 1. The Labute approximate surface area is 111 Å². The van der Waals surface area contributed by atoms with Gasteiger partial charge in [-0.2, -0.15) is 0 Å². The van der Waals surface area contributed by atoms with Crippen LogP contribution in [0.5, 0.6) is 5.75 Å². The molecular weight excluding hydrogens is 246 g/mol. The van der Waals surface area contributed by atoms with E-state index in [2.05, 4.69) is 0 Å². The molecule has 1 aliphatic rings. The van der Waals surface area contributed by atoms with Crippen molar-refractivity contribution in [3.05, 3.63) is 29.8 Å². The smallest absolute Gasteiger partial charge is 0.323 e. The number of carbonyl (C=O) groups excluding carboxylic acids is 1. The Bertz CT molecular complexity index is 465. The van der Waals surface area contributed by atoms with Crippen molar-refractivity contribution >= 4 is 11.9 Å². The molecule has 0 spiro atoms. The van der Waals surface area contributed by atoms with Gasteiger partial charge in [-0.3, -0.25) is 9.59 Å². The van der Waals surface area contributed by atoms with Gasteiger partial charge in [0, 0.05) is 12.1 Å². The van der Waals surface area contributed by atoms with E-state index in [-0.39, 0.29) is 12.5 Å². The van der Waals surface area contributed by atoms with Crippen molar-refractivity contribution in [2.45, 2.75) is 12.8 Å². The second-order valence-electron chi connectivity index (χ2n) is 4.75. The molecule has 19 heavy (non-hydrogen) atoms. The van der Waals surface area contributed by atoms with Crippen molar-refractivity contribution < 1.29 is 19.4 Å². The van der Waals surface area contributed by atoms with Crippen LogP contribution in [0.15, 0.2) is 24.3 Å². The summed E-state index contributed by atoms with van der Waals surface area (Å²) < 4.78 is 5.03. The van der Waals surface area contributed by atoms with Gasteiger partial charge >= 0.3 is 5.97 Å². The molecular formula is C14H17NO4. The van der Waals surface area contributed by atoms with Crippen LogP contribution in [0.4, 0.5) is 0 Å². The second-order valence-corrected chi connectivity index (χ2v) is 4.75. The van der Waals surface area contributed by atoms with E-state index in [1.807, 2.05) is 0 Å². The zero-order valence-electron chi connectivity index (χ0n) is 10.8. The first-order valence-electron chi connectivity index (χ1n) is 6.25. The second kappa shape index (κ2) is 5.73. The van der Waals surface area contributed by atoms with Gasteiger partial charge in [0.25, 0.3) is 5.91 Å². The van der Waals surface area contributed by atoms with E-state index in [1.54, 1.807) is 31.4 Å². The Hall–Kier alpha value is -2.04. The fourth-order valence-electron chi connectivity index (χ4n) is 1.91. The number of methoxy groups -OCH3 is 1. The minimum Gasteiger partial charge on any atom is -0.497 e. The SMILES string of the molecule is COc1ccc(C(=O)N(CC(=O)O)CC2CC2)cc1. The average molecular weight is 263 g/mol. The van der Waals surface area contributed by atoms with Gasteiger partial charge in [-0.05, 0) is 43.0 Å². The molecule has 0 bridgehead atoms. The Morgan fingerprint density at radius 1 is 1.32 bits per heavy atom. The topological polar surface area (TPSA) is 66.8 Å². The minimum atomic E-state index is -0.984. The predicted molar refractivity (Wildman–Crippen MR) is 69.3 cm³/mol. The number of nitrogens with zero attached hydrogens (tertiary/aromatic N) is 1. The first-order valence-corrected chi connectivity index (χ1v) is 6.25. The molecule has 0 unspecified atom stereocenters. The van der Waals surface area contributed by atoms with Crippen LogP contribution in [0, 0.1) is 5.92 Å². The molecule has 5 nitrogen and oxygen atoms in total. The summed E-state index contributed by atoms with van der Waals surface area (Å²) >= 11 is 0. The van der Waals surface area contributed by atoms with Gasteiger partial charge in [0.05, 0.1) is 7.11 Å². The van der Waals surface area contributed by atoms with Crippen LogP contribution >= 0.6 is 0 Å². The summed E-state index contributed by atoms with van der Waals surface area (Å²) in [6.07, 6.45) is 2.15. The predicted octanol–water partition coefficient (Wildman–Crippen LogP) is 1.63. The van der Waals surface area contributed by atoms with Crippen LogP contribution in [0.1, 0.15) is 23.2 Å². The number of rotatable bonds is 6. The largest absolute Gasteiger partial charge is 0.497 e. The number of carboxylic acids is 1. The average Bonchev–Trinajstić information content (AvgIpc) is 3.21. The Morgan fingerprint density at radius 2 is 1.95 bits per heavy atom. The van der Waals surface area contributed by atoms with E-state index in [9.17, 15) is 9.59 Å². The highest BCUT2D eigenvalue weighted by atomic mass is 16.5. The summed E-state index contributed by atoms with van der Waals surface area (Å²) in [4.78, 5) is 24.5. The molecule has 0 radical (unpaired) electrons. The molecule has 1 amide bonds. The van der Waals surface area contributed by atoms with Crippen LogP contribution in [-0.2, 0) is 4.79 Å². The first kappa shape index (κ1) is 13.4. The maximum Gasteiger partial charge on any atom is 0.323 e. The molecule has 0 aliphatic heterocycles. The molecule has 0 heterocycles. The molecule has 0 atom stereocenters. The lowest BCUT2D eigenvalue weighted by Gasteiger charge is -2.20. The number of amides is 1. The summed E-state index contributed by atoms with van der Waals surface area (Å²) in [5, 5.41) is 8.88. The van der Waals surface area contributed by atoms with Gasteiger partial charge in [-0.1, -0.05) is 0 Å². The minimum absolute atomic E-state index is 0.239. The molecule has 1 aromatic carbocycles. The number of carboxylic acid groups (broad SMARTS) is 1. The maximum absolute atomic E-state index is 12.3. The van der Waals surface area contributed by atoms with Crippen LogP contribution in [0.2, 0.25) is 0 Å². The van der Waals surface area contributed by atoms with E-state index in [4.69, 9.17) is 9.84 Å². The van der Waals surface area contributed by atoms with Gasteiger partial charge in [0.1, 0.15) is 12.3 Å². The molecule has 1 aromatic rings. The third-order valence-corrected chi connectivity index (χ3v) is 3.13. The van der Waals surface area contributed by atoms with Gasteiger partial charge in [-0.25, -0.2) is 0 Å². The summed E-state index contributed by atoms with van der Waals surface area (Å²) in [7, 11) is 1.56. The zero-order chi connectivity index (χ0) is 13.8. The number of carbonyl (C=O) groups is 2. The molecule has 1 N–H and O–H groups in total. The van der Waals surface area contributed by atoms with Crippen LogP contribution in [0.3, 0.4) is 0 Å². The van der Waals surface area contributed by atoms with Crippen molar-refractivity contribution in [2.24, 2.45) is 5.92 Å². The fraction of sp³-hybridized carbons (Fsp3) is 0.429. The lowest BCUT2D eigenvalue weighted by atomic mass is 10.2. The Balaban J connectivity index is 2.09. The van der Waals surface area contributed by atoms with Gasteiger partial charge < -0.3 is 14.7 Å². The normalized spacial score (nSPS) is 13.9. The van der Waals surface area contributed by atoms with E-state index in [0.29, 0.717) is 23.8 Å². The lowest BCUT2D eigenvalue weighted by molar-refractivity contribution is -0.137. The molecule has 0 saturated heterocycles. The highest BCUT2D eigenvalue weighted by Gasteiger charge is 2.28. The van der Waals surface area contributed by atoms with Crippen molar-refractivity contribution in [3.8, 4) is 5.75 Å². The van der Waals surface area contributed by atoms with Crippen molar-refractivity contribution in [3.63, 3.8) is 0 Å². The summed E-state index contributed by atoms with van der Waals surface area (Å²) in [6.45, 7) is 0.276. The number of hydrogen-bond acceptors (Lipinski definition) is 3. The highest BCUT2D eigenvalue weighted by Crippen LogP contribution is 2.30. The molecule has 1 fully saturated rings. The molecule has 0 aromatic heterocycles. The van der Waals surface area contributed by atoms with Crippen molar-refractivity contribution in [1.29, 1.82) is 0 Å². The van der Waals surface area contributed by atoms with Crippen molar-refractivity contribution in [1.82, 2.24) is 4.90 Å². The van der Waals surface area contributed by atoms with Gasteiger partial charge in [0.15, 0.2) is 0 Å². The number of benzene rings is 1. The zero-order valence-corrected chi connectivity index (χ0v) is 10.8. The first-order chi connectivity index (χ1) is 9.10. The molecule has 1 saturated carbocycles. The quantitative estimate of drug-likeness (QED) is 0.847. The Morgan fingerprint density at radius 3 is 2.42 bits per heavy atom. The molecule has 102 valence electrons. The van der Waals surface area contributed by atoms with Crippen LogP contribution < -0.4 is 4.74 Å².